The quantitative estimate of drug-likeness (QED) is 0.453. The summed E-state index contributed by atoms with van der Waals surface area (Å²) < 4.78 is 4.85. The second kappa shape index (κ2) is 11.2. The molecule has 0 aliphatic carbocycles. The summed E-state index contributed by atoms with van der Waals surface area (Å²) in [6.45, 7) is 5.89. The number of methoxy groups -OCH3 is 1. The topological polar surface area (TPSA) is 82.2 Å². The fourth-order valence-electron chi connectivity index (χ4n) is 5.28. The molecule has 35 heavy (non-hydrogen) atoms. The fraction of sp³-hybridized carbons (Fsp3) is 0.593. The fourth-order valence-corrected chi connectivity index (χ4v) is 5.28. The minimum absolute atomic E-state index is 0.0518. The maximum absolute atomic E-state index is 13.5. The van der Waals surface area contributed by atoms with Crippen LogP contribution in [-0.4, -0.2) is 71.9 Å². The molecule has 0 radical (unpaired) electrons. The Morgan fingerprint density at radius 3 is 2.49 bits per heavy atom. The van der Waals surface area contributed by atoms with Crippen LogP contribution in [0.4, 0.5) is 0 Å². The molecule has 3 heterocycles. The number of fused-ring (bicyclic) bond motifs is 1. The Morgan fingerprint density at radius 2 is 1.83 bits per heavy atom. The van der Waals surface area contributed by atoms with Crippen LogP contribution in [0.25, 0.3) is 0 Å². The highest BCUT2D eigenvalue weighted by Crippen LogP contribution is 2.32. The number of hydrogen-bond acceptors (Lipinski definition) is 6. The second-order valence-corrected chi connectivity index (χ2v) is 9.95. The van der Waals surface area contributed by atoms with Crippen molar-refractivity contribution in [3.63, 3.8) is 0 Å². The standard InChI is InChI=1S/C27H38N4O4/c1-4-5-6-7-22-17-30(18-25(32)29-14-12-21(13-15-29)27(34)35-3)26(33)24-16-23(28-31(22)24)20-10-8-19(2)9-11-20/h8-11,16,21-23,28H,4-7,12-15,17-18H2,1-3H3. The third-order valence-electron chi connectivity index (χ3n) is 7.45. The Labute approximate surface area is 208 Å². The van der Waals surface area contributed by atoms with Crippen molar-refractivity contribution < 1.29 is 19.1 Å². The Morgan fingerprint density at radius 1 is 1.11 bits per heavy atom. The molecule has 0 bridgehead atoms. The number of carbonyl (C=O) groups excluding carboxylic acids is 3. The molecule has 2 atom stereocenters. The molecule has 3 aliphatic heterocycles. The number of ether oxygens (including phenoxy) is 1. The summed E-state index contributed by atoms with van der Waals surface area (Å²) in [7, 11) is 1.40. The summed E-state index contributed by atoms with van der Waals surface area (Å²) in [6, 6.07) is 8.43. The van der Waals surface area contributed by atoms with Crippen molar-refractivity contribution in [2.24, 2.45) is 5.92 Å². The molecule has 2 unspecified atom stereocenters. The number of rotatable bonds is 8. The minimum Gasteiger partial charge on any atom is -0.469 e. The molecule has 2 amide bonds. The molecular formula is C27H38N4O4. The number of likely N-dealkylation sites (tertiary alicyclic amines) is 1. The van der Waals surface area contributed by atoms with Gasteiger partial charge in [0, 0.05) is 19.6 Å². The molecule has 4 rings (SSSR count). The highest BCUT2D eigenvalue weighted by atomic mass is 16.5. The molecule has 0 aromatic heterocycles. The van der Waals surface area contributed by atoms with Gasteiger partial charge in [0.05, 0.1) is 25.1 Å². The highest BCUT2D eigenvalue weighted by Gasteiger charge is 2.41. The van der Waals surface area contributed by atoms with Gasteiger partial charge in [-0.25, -0.2) is 5.43 Å². The zero-order valence-electron chi connectivity index (χ0n) is 21.2. The van der Waals surface area contributed by atoms with Gasteiger partial charge in [-0.1, -0.05) is 56.0 Å². The van der Waals surface area contributed by atoms with Crippen LogP contribution < -0.4 is 5.43 Å². The van der Waals surface area contributed by atoms with Gasteiger partial charge in [0.15, 0.2) is 0 Å². The first kappa shape index (κ1) is 25.2. The molecule has 3 aliphatic rings. The van der Waals surface area contributed by atoms with E-state index in [0.717, 1.165) is 31.2 Å². The number of piperazine rings is 1. The van der Waals surface area contributed by atoms with Gasteiger partial charge in [0.25, 0.3) is 5.91 Å². The van der Waals surface area contributed by atoms with Crippen LogP contribution in [0.15, 0.2) is 36.0 Å². The van der Waals surface area contributed by atoms with Crippen molar-refractivity contribution in [3.8, 4) is 0 Å². The van der Waals surface area contributed by atoms with E-state index < -0.39 is 0 Å². The Bertz CT molecular complexity index is 952. The predicted octanol–water partition coefficient (Wildman–Crippen LogP) is 2.94. The van der Waals surface area contributed by atoms with E-state index in [-0.39, 0.29) is 42.3 Å². The third kappa shape index (κ3) is 5.69. The molecule has 2 saturated heterocycles. The Balaban J connectivity index is 1.45. The number of amides is 2. The van der Waals surface area contributed by atoms with E-state index in [4.69, 9.17) is 4.74 Å². The lowest BCUT2D eigenvalue weighted by Gasteiger charge is -2.42. The minimum atomic E-state index is -0.206. The number of hydrogen-bond donors (Lipinski definition) is 1. The molecular weight excluding hydrogens is 444 g/mol. The molecule has 8 nitrogen and oxygen atoms in total. The molecule has 0 spiro atoms. The van der Waals surface area contributed by atoms with Gasteiger partial charge in [0.1, 0.15) is 12.2 Å². The van der Waals surface area contributed by atoms with Crippen LogP contribution in [-0.2, 0) is 19.1 Å². The van der Waals surface area contributed by atoms with Crippen LogP contribution in [0.3, 0.4) is 0 Å². The number of esters is 1. The first-order chi connectivity index (χ1) is 16.9. The van der Waals surface area contributed by atoms with Gasteiger partial charge >= 0.3 is 5.97 Å². The number of nitrogens with zero attached hydrogens (tertiary/aromatic N) is 3. The zero-order valence-corrected chi connectivity index (χ0v) is 21.2. The lowest BCUT2D eigenvalue weighted by atomic mass is 9.97. The third-order valence-corrected chi connectivity index (χ3v) is 7.45. The van der Waals surface area contributed by atoms with Crippen molar-refractivity contribution in [1.82, 2.24) is 20.2 Å². The molecule has 0 saturated carbocycles. The number of benzene rings is 1. The van der Waals surface area contributed by atoms with E-state index in [9.17, 15) is 14.4 Å². The molecule has 1 N–H and O–H groups in total. The SMILES string of the molecule is CCCCCC1CN(CC(=O)N2CCC(C(=O)OC)CC2)C(=O)C2=CC(c3ccc(C)cc3)NN21. The first-order valence-electron chi connectivity index (χ1n) is 12.9. The van der Waals surface area contributed by atoms with Crippen molar-refractivity contribution in [1.29, 1.82) is 0 Å². The van der Waals surface area contributed by atoms with Crippen molar-refractivity contribution in [2.45, 2.75) is 64.5 Å². The average Bonchev–Trinajstić information content (AvgIpc) is 3.33. The van der Waals surface area contributed by atoms with Gasteiger partial charge in [0.2, 0.25) is 5.91 Å². The van der Waals surface area contributed by atoms with Crippen LogP contribution >= 0.6 is 0 Å². The molecule has 1 aromatic rings. The lowest BCUT2D eigenvalue weighted by molar-refractivity contribution is -0.149. The summed E-state index contributed by atoms with van der Waals surface area (Å²) >= 11 is 0. The summed E-state index contributed by atoms with van der Waals surface area (Å²) in [5, 5.41) is 2.05. The van der Waals surface area contributed by atoms with Crippen LogP contribution in [0.2, 0.25) is 0 Å². The molecule has 190 valence electrons. The summed E-state index contributed by atoms with van der Waals surface area (Å²) in [5.74, 6) is -0.506. The average molecular weight is 483 g/mol. The van der Waals surface area contributed by atoms with Crippen LogP contribution in [0.5, 0.6) is 0 Å². The van der Waals surface area contributed by atoms with E-state index in [1.54, 1.807) is 9.80 Å². The Hall–Kier alpha value is -2.87. The summed E-state index contributed by atoms with van der Waals surface area (Å²) in [5.41, 5.74) is 6.51. The number of unbranched alkanes of at least 4 members (excludes halogenated alkanes) is 2. The lowest BCUT2D eigenvalue weighted by Crippen LogP contribution is -2.58. The maximum atomic E-state index is 13.5. The summed E-state index contributed by atoms with van der Waals surface area (Å²) in [6.07, 6.45) is 7.53. The molecule has 1 aromatic carbocycles. The highest BCUT2D eigenvalue weighted by molar-refractivity contribution is 5.96. The van der Waals surface area contributed by atoms with Crippen LogP contribution in [0, 0.1) is 12.8 Å². The van der Waals surface area contributed by atoms with E-state index in [1.807, 2.05) is 11.1 Å². The van der Waals surface area contributed by atoms with Gasteiger partial charge < -0.3 is 14.5 Å². The van der Waals surface area contributed by atoms with Crippen LogP contribution in [0.1, 0.15) is 62.6 Å². The van der Waals surface area contributed by atoms with Gasteiger partial charge in [-0.2, -0.15) is 0 Å². The number of piperidine rings is 1. The van der Waals surface area contributed by atoms with Gasteiger partial charge in [-0.3, -0.25) is 19.4 Å². The Kier molecular flexibility index (Phi) is 8.11. The van der Waals surface area contributed by atoms with Gasteiger partial charge in [-0.05, 0) is 37.8 Å². The first-order valence-corrected chi connectivity index (χ1v) is 12.9. The smallest absolute Gasteiger partial charge is 0.308 e. The summed E-state index contributed by atoms with van der Waals surface area (Å²) in [4.78, 5) is 41.9. The number of carbonyl (C=O) groups is 3. The van der Waals surface area contributed by atoms with E-state index in [0.29, 0.717) is 38.2 Å². The molecule has 8 heteroatoms. The van der Waals surface area contributed by atoms with Crippen molar-refractivity contribution in [2.75, 3.05) is 33.3 Å². The number of hydrazine groups is 1. The van der Waals surface area contributed by atoms with E-state index >= 15 is 0 Å². The van der Waals surface area contributed by atoms with Crippen molar-refractivity contribution in [3.05, 3.63) is 47.2 Å². The monoisotopic (exact) mass is 482 g/mol. The largest absolute Gasteiger partial charge is 0.469 e. The predicted molar refractivity (Wildman–Crippen MR) is 133 cm³/mol. The maximum Gasteiger partial charge on any atom is 0.308 e. The normalized spacial score (nSPS) is 22.8. The van der Waals surface area contributed by atoms with Gasteiger partial charge in [-0.15, -0.1) is 0 Å². The van der Waals surface area contributed by atoms with E-state index in [1.165, 1.54) is 12.7 Å². The second-order valence-electron chi connectivity index (χ2n) is 9.95. The molecule has 2 fully saturated rings. The van der Waals surface area contributed by atoms with E-state index in [2.05, 4.69) is 43.5 Å². The number of nitrogens with one attached hydrogen (secondary N) is 1. The van der Waals surface area contributed by atoms with Crippen molar-refractivity contribution >= 4 is 17.8 Å². The number of aryl methyl sites for hydroxylation is 1. The zero-order chi connectivity index (χ0) is 24.9.